The lowest BCUT2D eigenvalue weighted by Gasteiger charge is -2.24. The third-order valence-electron chi connectivity index (χ3n) is 2.70. The van der Waals surface area contributed by atoms with Crippen LogP contribution in [0, 0.1) is 0 Å². The van der Waals surface area contributed by atoms with Crippen LogP contribution in [0.15, 0.2) is 23.5 Å². The molecular weight excluding hydrogens is 390 g/mol. The van der Waals surface area contributed by atoms with Gasteiger partial charge in [-0.1, -0.05) is 6.08 Å². The summed E-state index contributed by atoms with van der Waals surface area (Å²) < 4.78 is 12.4. The SMILES string of the molecule is C=CC[C@H](NC(=O)OC(C)(C)C)c1nc(Br)cn1C(=O)OC(C)(C)C. The van der Waals surface area contributed by atoms with Gasteiger partial charge in [0, 0.05) is 6.20 Å². The van der Waals surface area contributed by atoms with Gasteiger partial charge >= 0.3 is 12.2 Å². The van der Waals surface area contributed by atoms with Gasteiger partial charge in [0.25, 0.3) is 0 Å². The van der Waals surface area contributed by atoms with Crippen molar-refractivity contribution in [2.45, 2.75) is 65.2 Å². The number of hydrogen-bond acceptors (Lipinski definition) is 5. The molecule has 1 atom stereocenters. The van der Waals surface area contributed by atoms with E-state index in [1.807, 2.05) is 0 Å². The molecule has 0 unspecified atom stereocenters. The topological polar surface area (TPSA) is 82.5 Å². The lowest BCUT2D eigenvalue weighted by atomic mass is 10.2. The molecule has 0 aliphatic carbocycles. The fraction of sp³-hybridized carbons (Fsp3) is 0.588. The Kier molecular flexibility index (Phi) is 6.82. The fourth-order valence-corrected chi connectivity index (χ4v) is 2.30. The number of carbonyl (C=O) groups excluding carboxylic acids is 2. The Morgan fingerprint density at radius 2 is 1.84 bits per heavy atom. The molecule has 7 nitrogen and oxygen atoms in total. The molecular formula is C17H26BrN3O4. The number of nitrogens with zero attached hydrogens (tertiary/aromatic N) is 2. The van der Waals surface area contributed by atoms with E-state index in [0.29, 0.717) is 16.8 Å². The van der Waals surface area contributed by atoms with Gasteiger partial charge in [0.2, 0.25) is 0 Å². The van der Waals surface area contributed by atoms with Crippen LogP contribution in [0.4, 0.5) is 9.59 Å². The van der Waals surface area contributed by atoms with Crippen LogP contribution in [-0.2, 0) is 9.47 Å². The summed E-state index contributed by atoms with van der Waals surface area (Å²) in [5, 5.41) is 2.72. The molecule has 1 aromatic heterocycles. The molecule has 1 aromatic rings. The van der Waals surface area contributed by atoms with E-state index < -0.39 is 29.4 Å². The molecule has 0 spiro atoms. The molecule has 0 fully saturated rings. The number of nitrogens with one attached hydrogen (secondary N) is 1. The number of ether oxygens (including phenoxy) is 2. The first-order valence-electron chi connectivity index (χ1n) is 7.91. The van der Waals surface area contributed by atoms with Crippen molar-refractivity contribution >= 4 is 28.1 Å². The van der Waals surface area contributed by atoms with Gasteiger partial charge in [-0.15, -0.1) is 6.58 Å². The van der Waals surface area contributed by atoms with E-state index in [9.17, 15) is 9.59 Å². The van der Waals surface area contributed by atoms with E-state index in [1.54, 1.807) is 47.6 Å². The van der Waals surface area contributed by atoms with E-state index in [0.717, 1.165) is 0 Å². The van der Waals surface area contributed by atoms with Crippen LogP contribution in [0.5, 0.6) is 0 Å². The molecule has 0 bridgehead atoms. The number of halogens is 1. The number of amides is 1. The van der Waals surface area contributed by atoms with Crippen LogP contribution >= 0.6 is 15.9 Å². The average Bonchev–Trinajstić information content (AvgIpc) is 2.76. The van der Waals surface area contributed by atoms with Crippen LogP contribution in [0.1, 0.15) is 59.8 Å². The van der Waals surface area contributed by atoms with Crippen molar-refractivity contribution < 1.29 is 19.1 Å². The molecule has 8 heteroatoms. The summed E-state index contributed by atoms with van der Waals surface area (Å²) in [6.45, 7) is 14.3. The van der Waals surface area contributed by atoms with Crippen LogP contribution < -0.4 is 5.32 Å². The quantitative estimate of drug-likeness (QED) is 0.727. The van der Waals surface area contributed by atoms with Crippen molar-refractivity contribution in [3.8, 4) is 0 Å². The lowest BCUT2D eigenvalue weighted by molar-refractivity contribution is 0.0473. The number of hydrogen-bond donors (Lipinski definition) is 1. The number of carbonyl (C=O) groups is 2. The second-order valence-electron chi connectivity index (χ2n) is 7.50. The first-order chi connectivity index (χ1) is 11.3. The number of rotatable bonds is 4. The van der Waals surface area contributed by atoms with E-state index in [-0.39, 0.29) is 0 Å². The van der Waals surface area contributed by atoms with E-state index in [4.69, 9.17) is 9.47 Å². The molecule has 0 aliphatic rings. The van der Waals surface area contributed by atoms with Gasteiger partial charge in [-0.05, 0) is 63.9 Å². The highest BCUT2D eigenvalue weighted by atomic mass is 79.9. The monoisotopic (exact) mass is 415 g/mol. The van der Waals surface area contributed by atoms with Crippen molar-refractivity contribution in [1.82, 2.24) is 14.9 Å². The van der Waals surface area contributed by atoms with Crippen molar-refractivity contribution in [2.75, 3.05) is 0 Å². The highest BCUT2D eigenvalue weighted by Gasteiger charge is 2.27. The van der Waals surface area contributed by atoms with Crippen molar-refractivity contribution in [1.29, 1.82) is 0 Å². The summed E-state index contributed by atoms with van der Waals surface area (Å²) >= 11 is 3.26. The van der Waals surface area contributed by atoms with Crippen molar-refractivity contribution in [2.24, 2.45) is 0 Å². The number of aromatic nitrogens is 2. The first-order valence-corrected chi connectivity index (χ1v) is 8.70. The summed E-state index contributed by atoms with van der Waals surface area (Å²) in [5.74, 6) is 0.326. The van der Waals surface area contributed by atoms with Gasteiger partial charge in [-0.3, -0.25) is 0 Å². The van der Waals surface area contributed by atoms with Gasteiger partial charge in [-0.25, -0.2) is 19.1 Å². The Morgan fingerprint density at radius 1 is 1.28 bits per heavy atom. The number of imidazole rings is 1. The Balaban J connectivity index is 3.09. The molecule has 0 radical (unpaired) electrons. The Morgan fingerprint density at radius 3 is 2.32 bits per heavy atom. The number of alkyl carbamates (subject to hydrolysis) is 1. The summed E-state index contributed by atoms with van der Waals surface area (Å²) in [4.78, 5) is 28.8. The maximum Gasteiger partial charge on any atom is 0.420 e. The zero-order valence-electron chi connectivity index (χ0n) is 15.6. The minimum atomic E-state index is -0.655. The zero-order valence-corrected chi connectivity index (χ0v) is 17.1. The predicted octanol–water partition coefficient (Wildman–Crippen LogP) is 4.57. The molecule has 1 rings (SSSR count). The largest absolute Gasteiger partial charge is 0.444 e. The summed E-state index contributed by atoms with van der Waals surface area (Å²) in [6.07, 6.45) is 2.31. The molecule has 25 heavy (non-hydrogen) atoms. The van der Waals surface area contributed by atoms with Gasteiger partial charge in [0.1, 0.15) is 21.6 Å². The van der Waals surface area contributed by atoms with Gasteiger partial charge in [0.05, 0.1) is 6.04 Å². The van der Waals surface area contributed by atoms with Crippen LogP contribution in [0.2, 0.25) is 0 Å². The molecule has 0 aliphatic heterocycles. The van der Waals surface area contributed by atoms with E-state index in [1.165, 1.54) is 10.8 Å². The molecule has 0 saturated heterocycles. The maximum atomic E-state index is 12.4. The second-order valence-corrected chi connectivity index (χ2v) is 8.31. The molecule has 0 saturated carbocycles. The zero-order chi connectivity index (χ0) is 19.4. The molecule has 140 valence electrons. The summed E-state index contributed by atoms with van der Waals surface area (Å²) in [5.41, 5.74) is -1.29. The normalized spacial score (nSPS) is 13.1. The van der Waals surface area contributed by atoms with E-state index in [2.05, 4.69) is 32.8 Å². The molecule has 0 aromatic carbocycles. The van der Waals surface area contributed by atoms with Gasteiger partial charge < -0.3 is 14.8 Å². The smallest absolute Gasteiger partial charge is 0.420 e. The molecule has 1 N–H and O–H groups in total. The minimum absolute atomic E-state index is 0.326. The highest BCUT2D eigenvalue weighted by molar-refractivity contribution is 9.10. The molecule has 1 heterocycles. The third-order valence-corrected chi connectivity index (χ3v) is 3.08. The van der Waals surface area contributed by atoms with Crippen molar-refractivity contribution in [3.63, 3.8) is 0 Å². The fourth-order valence-electron chi connectivity index (χ4n) is 1.91. The van der Waals surface area contributed by atoms with Crippen molar-refractivity contribution in [3.05, 3.63) is 29.3 Å². The minimum Gasteiger partial charge on any atom is -0.444 e. The van der Waals surface area contributed by atoms with E-state index >= 15 is 0 Å². The Bertz CT molecular complexity index is 641. The predicted molar refractivity (Wildman–Crippen MR) is 98.5 cm³/mol. The third kappa shape index (κ3) is 7.29. The summed E-state index contributed by atoms with van der Waals surface area (Å²) in [6, 6.07) is -0.592. The first kappa shape index (κ1) is 21.2. The van der Waals surface area contributed by atoms with Gasteiger partial charge in [-0.2, -0.15) is 0 Å². The standard InChI is InChI=1S/C17H26BrN3O4/c1-8-9-11(19-14(22)24-16(2,3)4)13-20-12(18)10-21(13)15(23)25-17(5,6)7/h8,10-11H,1,9H2,2-7H3,(H,19,22)/t11-/m0/s1. The second kappa shape index (κ2) is 8.03. The van der Waals surface area contributed by atoms with Gasteiger partial charge in [0.15, 0.2) is 0 Å². The van der Waals surface area contributed by atoms with Crippen LogP contribution in [0.25, 0.3) is 0 Å². The lowest BCUT2D eigenvalue weighted by Crippen LogP contribution is -2.37. The summed E-state index contributed by atoms with van der Waals surface area (Å²) in [7, 11) is 0. The van der Waals surface area contributed by atoms with Crippen LogP contribution in [-0.4, -0.2) is 32.9 Å². The Labute approximate surface area is 156 Å². The Hall–Kier alpha value is -1.83. The molecule has 1 amide bonds. The average molecular weight is 416 g/mol. The highest BCUT2D eigenvalue weighted by Crippen LogP contribution is 2.22. The maximum absolute atomic E-state index is 12.4. The van der Waals surface area contributed by atoms with Crippen LogP contribution in [0.3, 0.4) is 0 Å².